The molecule has 0 radical (unpaired) electrons. The van der Waals surface area contributed by atoms with E-state index in [-0.39, 0.29) is 6.03 Å². The monoisotopic (exact) mass is 275 g/mol. The lowest BCUT2D eigenvalue weighted by Gasteiger charge is -2.37. The van der Waals surface area contributed by atoms with Crippen LogP contribution in [0, 0.1) is 0 Å². The van der Waals surface area contributed by atoms with Gasteiger partial charge in [-0.3, -0.25) is 0 Å². The first-order chi connectivity index (χ1) is 9.72. The number of carbonyl (C=O) groups excluding carboxylic acids is 1. The summed E-state index contributed by atoms with van der Waals surface area (Å²) in [6, 6.07) is 4.27. The van der Waals surface area contributed by atoms with Gasteiger partial charge in [0, 0.05) is 32.2 Å². The summed E-state index contributed by atoms with van der Waals surface area (Å²) in [5.74, 6) is 0.929. The van der Waals surface area contributed by atoms with Gasteiger partial charge in [-0.25, -0.2) is 9.78 Å². The normalized spacial score (nSPS) is 19.6. The lowest BCUT2D eigenvalue weighted by atomic mass is 9.93. The predicted molar refractivity (Wildman–Crippen MR) is 78.6 cm³/mol. The molecule has 2 fully saturated rings. The summed E-state index contributed by atoms with van der Waals surface area (Å²) in [6.45, 7) is 3.11. The summed E-state index contributed by atoms with van der Waals surface area (Å²) in [6.07, 6.45) is 5.16. The van der Waals surface area contributed by atoms with Crippen LogP contribution in [-0.4, -0.2) is 48.1 Å². The maximum Gasteiger partial charge on any atom is 0.317 e. The molecular formula is C14H21N5O. The Bertz CT molecular complexity index is 463. The molecule has 1 aliphatic carbocycles. The van der Waals surface area contributed by atoms with Crippen LogP contribution >= 0.6 is 0 Å². The van der Waals surface area contributed by atoms with Crippen molar-refractivity contribution in [1.82, 2.24) is 15.2 Å². The molecule has 2 aliphatic rings. The number of carbonyl (C=O) groups is 1. The van der Waals surface area contributed by atoms with E-state index in [1.54, 1.807) is 6.20 Å². The highest BCUT2D eigenvalue weighted by Crippen LogP contribution is 2.19. The SMILES string of the molecule is Nc1ccc(N2CCN(C(=O)NC3CCC3)CC2)nc1. The number of pyridine rings is 1. The number of piperazine rings is 1. The molecule has 0 aromatic carbocycles. The Balaban J connectivity index is 1.51. The fourth-order valence-electron chi connectivity index (χ4n) is 2.54. The largest absolute Gasteiger partial charge is 0.397 e. The molecule has 0 unspecified atom stereocenters. The van der Waals surface area contributed by atoms with Gasteiger partial charge in [-0.1, -0.05) is 0 Å². The number of nitrogens with one attached hydrogen (secondary N) is 1. The van der Waals surface area contributed by atoms with Crippen LogP contribution in [0.25, 0.3) is 0 Å². The van der Waals surface area contributed by atoms with Crippen LogP contribution in [0.5, 0.6) is 0 Å². The molecule has 0 bridgehead atoms. The highest BCUT2D eigenvalue weighted by molar-refractivity contribution is 5.75. The second-order valence-corrected chi connectivity index (χ2v) is 5.50. The number of anilines is 2. The molecule has 1 aromatic rings. The molecule has 2 heterocycles. The Morgan fingerprint density at radius 1 is 1.25 bits per heavy atom. The number of hydrogen-bond donors (Lipinski definition) is 2. The smallest absolute Gasteiger partial charge is 0.317 e. The van der Waals surface area contributed by atoms with E-state index in [1.165, 1.54) is 6.42 Å². The van der Waals surface area contributed by atoms with Gasteiger partial charge in [0.05, 0.1) is 11.9 Å². The first-order valence-electron chi connectivity index (χ1n) is 7.24. The second-order valence-electron chi connectivity index (χ2n) is 5.50. The number of nitrogens with zero attached hydrogens (tertiary/aromatic N) is 3. The number of rotatable bonds is 2. The quantitative estimate of drug-likeness (QED) is 0.846. The zero-order valence-corrected chi connectivity index (χ0v) is 11.6. The van der Waals surface area contributed by atoms with Crippen LogP contribution < -0.4 is 16.0 Å². The number of amides is 2. The molecular weight excluding hydrogens is 254 g/mol. The van der Waals surface area contributed by atoms with Crippen molar-refractivity contribution in [2.45, 2.75) is 25.3 Å². The number of nitrogens with two attached hydrogens (primary N) is 1. The maximum absolute atomic E-state index is 12.1. The van der Waals surface area contributed by atoms with Gasteiger partial charge >= 0.3 is 6.03 Å². The molecule has 0 spiro atoms. The fourth-order valence-corrected chi connectivity index (χ4v) is 2.54. The fraction of sp³-hybridized carbons (Fsp3) is 0.571. The van der Waals surface area contributed by atoms with Crippen molar-refractivity contribution in [3.63, 3.8) is 0 Å². The summed E-state index contributed by atoms with van der Waals surface area (Å²) in [7, 11) is 0. The van der Waals surface area contributed by atoms with Crippen LogP contribution in [0.4, 0.5) is 16.3 Å². The van der Waals surface area contributed by atoms with Gasteiger partial charge in [0.15, 0.2) is 0 Å². The molecule has 2 amide bonds. The van der Waals surface area contributed by atoms with E-state index in [1.807, 2.05) is 17.0 Å². The highest BCUT2D eigenvalue weighted by Gasteiger charge is 2.25. The second kappa shape index (κ2) is 5.56. The van der Waals surface area contributed by atoms with E-state index >= 15 is 0 Å². The minimum atomic E-state index is 0.0830. The summed E-state index contributed by atoms with van der Waals surface area (Å²) < 4.78 is 0. The molecule has 6 heteroatoms. The maximum atomic E-state index is 12.1. The molecule has 6 nitrogen and oxygen atoms in total. The van der Waals surface area contributed by atoms with Crippen molar-refractivity contribution in [2.75, 3.05) is 36.8 Å². The standard InChI is InChI=1S/C14H21N5O/c15-11-4-5-13(16-10-11)18-6-8-19(9-7-18)14(20)17-12-2-1-3-12/h4-5,10,12H,1-3,6-9,15H2,(H,17,20). The zero-order valence-electron chi connectivity index (χ0n) is 11.6. The van der Waals surface area contributed by atoms with Crippen LogP contribution in [-0.2, 0) is 0 Å². The van der Waals surface area contributed by atoms with Gasteiger partial charge in [-0.2, -0.15) is 0 Å². The third-order valence-corrected chi connectivity index (χ3v) is 4.09. The predicted octanol–water partition coefficient (Wildman–Crippen LogP) is 1.05. The summed E-state index contributed by atoms with van der Waals surface area (Å²) in [5.41, 5.74) is 6.31. The summed E-state index contributed by atoms with van der Waals surface area (Å²) in [4.78, 5) is 20.5. The van der Waals surface area contributed by atoms with Gasteiger partial charge in [0.2, 0.25) is 0 Å². The van der Waals surface area contributed by atoms with Crippen LogP contribution in [0.3, 0.4) is 0 Å². The van der Waals surface area contributed by atoms with Gasteiger partial charge in [0.1, 0.15) is 5.82 Å². The molecule has 1 saturated carbocycles. The van der Waals surface area contributed by atoms with E-state index in [4.69, 9.17) is 5.73 Å². The Labute approximate surface area is 118 Å². The Morgan fingerprint density at radius 3 is 2.55 bits per heavy atom. The van der Waals surface area contributed by atoms with Crippen LogP contribution in [0.1, 0.15) is 19.3 Å². The van der Waals surface area contributed by atoms with Gasteiger partial charge in [0.25, 0.3) is 0 Å². The number of urea groups is 1. The van der Waals surface area contributed by atoms with Crippen LogP contribution in [0.15, 0.2) is 18.3 Å². The molecule has 3 rings (SSSR count). The number of hydrogen-bond acceptors (Lipinski definition) is 4. The van der Waals surface area contributed by atoms with Crippen molar-refractivity contribution in [1.29, 1.82) is 0 Å². The van der Waals surface area contributed by atoms with Gasteiger partial charge in [-0.15, -0.1) is 0 Å². The molecule has 3 N–H and O–H groups in total. The first kappa shape index (κ1) is 13.0. The molecule has 1 aliphatic heterocycles. The Morgan fingerprint density at radius 2 is 2.00 bits per heavy atom. The van der Waals surface area contributed by atoms with Crippen molar-refractivity contribution in [2.24, 2.45) is 0 Å². The number of nitrogen functional groups attached to an aromatic ring is 1. The summed E-state index contributed by atoms with van der Waals surface area (Å²) in [5, 5.41) is 3.08. The van der Waals surface area contributed by atoms with Crippen molar-refractivity contribution in [3.8, 4) is 0 Å². The third kappa shape index (κ3) is 2.79. The number of aromatic nitrogens is 1. The molecule has 20 heavy (non-hydrogen) atoms. The minimum Gasteiger partial charge on any atom is -0.397 e. The van der Waals surface area contributed by atoms with Crippen molar-refractivity contribution >= 4 is 17.5 Å². The van der Waals surface area contributed by atoms with E-state index in [9.17, 15) is 4.79 Å². The highest BCUT2D eigenvalue weighted by atomic mass is 16.2. The van der Waals surface area contributed by atoms with Crippen molar-refractivity contribution < 1.29 is 4.79 Å². The summed E-state index contributed by atoms with van der Waals surface area (Å²) >= 11 is 0. The Kier molecular flexibility index (Phi) is 3.62. The van der Waals surface area contributed by atoms with Crippen LogP contribution in [0.2, 0.25) is 0 Å². The van der Waals surface area contributed by atoms with E-state index in [0.717, 1.165) is 44.8 Å². The lowest BCUT2D eigenvalue weighted by Crippen LogP contribution is -2.54. The molecule has 1 aromatic heterocycles. The molecule has 108 valence electrons. The van der Waals surface area contributed by atoms with E-state index in [2.05, 4.69) is 15.2 Å². The van der Waals surface area contributed by atoms with E-state index in [0.29, 0.717) is 11.7 Å². The average Bonchev–Trinajstić information content (AvgIpc) is 2.44. The molecule has 0 atom stereocenters. The zero-order chi connectivity index (χ0) is 13.9. The molecule has 1 saturated heterocycles. The average molecular weight is 275 g/mol. The van der Waals surface area contributed by atoms with E-state index < -0.39 is 0 Å². The van der Waals surface area contributed by atoms with Gasteiger partial charge in [-0.05, 0) is 31.4 Å². The van der Waals surface area contributed by atoms with Crippen molar-refractivity contribution in [3.05, 3.63) is 18.3 Å². The van der Waals surface area contributed by atoms with Gasteiger partial charge < -0.3 is 20.9 Å². The minimum absolute atomic E-state index is 0.0830. The Hall–Kier alpha value is -1.98. The third-order valence-electron chi connectivity index (χ3n) is 4.09. The topological polar surface area (TPSA) is 74.5 Å². The first-order valence-corrected chi connectivity index (χ1v) is 7.24. The lowest BCUT2D eigenvalue weighted by molar-refractivity contribution is 0.183.